The Kier molecular flexibility index (Phi) is 4.26. The van der Waals surface area contributed by atoms with Gasteiger partial charge in [0, 0.05) is 17.6 Å². The zero-order chi connectivity index (χ0) is 13.2. The van der Waals surface area contributed by atoms with Gasteiger partial charge in [-0.05, 0) is 30.5 Å². The molecule has 0 amide bonds. The van der Waals surface area contributed by atoms with E-state index in [2.05, 4.69) is 20.7 Å². The molecule has 0 spiro atoms. The van der Waals surface area contributed by atoms with Crippen molar-refractivity contribution in [2.75, 3.05) is 25.5 Å². The van der Waals surface area contributed by atoms with Crippen molar-refractivity contribution in [2.24, 2.45) is 5.92 Å². The second-order valence-electron chi connectivity index (χ2n) is 4.26. The van der Waals surface area contributed by atoms with Gasteiger partial charge in [0.1, 0.15) is 4.90 Å². The summed E-state index contributed by atoms with van der Waals surface area (Å²) in [7, 11) is -3.56. The summed E-state index contributed by atoms with van der Waals surface area (Å²) in [6.07, 6.45) is 0.885. The SMILES string of the molecule is Nc1ccc(Br)cc1S(=O)(=O)NCC1CCOC1. The highest BCUT2D eigenvalue weighted by Gasteiger charge is 2.21. The standard InChI is InChI=1S/C11H15BrN2O3S/c12-9-1-2-10(13)11(5-9)18(15,16)14-6-8-3-4-17-7-8/h1-2,5,8,14H,3-4,6-7,13H2. The molecule has 0 aromatic heterocycles. The van der Waals surface area contributed by atoms with Crippen LogP contribution in [0.15, 0.2) is 27.6 Å². The molecule has 18 heavy (non-hydrogen) atoms. The second kappa shape index (κ2) is 5.56. The number of nitrogens with two attached hydrogens (primary N) is 1. The highest BCUT2D eigenvalue weighted by atomic mass is 79.9. The number of hydrogen-bond acceptors (Lipinski definition) is 4. The summed E-state index contributed by atoms with van der Waals surface area (Å²) in [6, 6.07) is 4.78. The van der Waals surface area contributed by atoms with Crippen molar-refractivity contribution in [2.45, 2.75) is 11.3 Å². The third kappa shape index (κ3) is 3.23. The molecule has 7 heteroatoms. The molecular formula is C11H15BrN2O3S. The highest BCUT2D eigenvalue weighted by molar-refractivity contribution is 9.10. The first-order valence-electron chi connectivity index (χ1n) is 5.61. The number of sulfonamides is 1. The molecule has 0 bridgehead atoms. The first kappa shape index (κ1) is 13.8. The summed E-state index contributed by atoms with van der Waals surface area (Å²) in [5.74, 6) is 0.244. The normalized spacial score (nSPS) is 20.2. The molecule has 0 radical (unpaired) electrons. The number of halogens is 1. The lowest BCUT2D eigenvalue weighted by atomic mass is 10.1. The molecule has 1 aliphatic rings. The number of nitrogens with one attached hydrogen (secondary N) is 1. The summed E-state index contributed by atoms with van der Waals surface area (Å²) < 4.78 is 32.7. The van der Waals surface area contributed by atoms with E-state index in [1.807, 2.05) is 0 Å². The Morgan fingerprint density at radius 3 is 2.94 bits per heavy atom. The van der Waals surface area contributed by atoms with Gasteiger partial charge in [0.15, 0.2) is 0 Å². The summed E-state index contributed by atoms with van der Waals surface area (Å²) in [6.45, 7) is 1.69. The lowest BCUT2D eigenvalue weighted by Crippen LogP contribution is -2.30. The Labute approximate surface area is 115 Å². The minimum Gasteiger partial charge on any atom is -0.398 e. The fraction of sp³-hybridized carbons (Fsp3) is 0.455. The number of nitrogen functional groups attached to an aromatic ring is 1. The van der Waals surface area contributed by atoms with Crippen LogP contribution >= 0.6 is 15.9 Å². The maximum absolute atomic E-state index is 12.1. The van der Waals surface area contributed by atoms with Crippen LogP contribution in [0.1, 0.15) is 6.42 Å². The molecule has 1 aliphatic heterocycles. The number of anilines is 1. The fourth-order valence-electron chi connectivity index (χ4n) is 1.79. The van der Waals surface area contributed by atoms with Crippen LogP contribution in [0.25, 0.3) is 0 Å². The molecule has 1 aromatic rings. The van der Waals surface area contributed by atoms with Gasteiger partial charge < -0.3 is 10.5 Å². The summed E-state index contributed by atoms with van der Waals surface area (Å²) in [5, 5.41) is 0. The Hall–Kier alpha value is -0.630. The fourth-order valence-corrected chi connectivity index (χ4v) is 3.57. The van der Waals surface area contributed by atoms with Gasteiger partial charge in [-0.3, -0.25) is 0 Å². The van der Waals surface area contributed by atoms with E-state index < -0.39 is 10.0 Å². The van der Waals surface area contributed by atoms with Crippen LogP contribution in [0.2, 0.25) is 0 Å². The average Bonchev–Trinajstić information content (AvgIpc) is 2.83. The third-order valence-corrected chi connectivity index (χ3v) is 4.82. The van der Waals surface area contributed by atoms with Crippen LogP contribution < -0.4 is 10.5 Å². The Bertz CT molecular complexity index is 527. The Morgan fingerprint density at radius 1 is 1.50 bits per heavy atom. The Morgan fingerprint density at radius 2 is 2.28 bits per heavy atom. The predicted octanol–water partition coefficient (Wildman–Crippen LogP) is 1.35. The van der Waals surface area contributed by atoms with Crippen molar-refractivity contribution >= 4 is 31.6 Å². The van der Waals surface area contributed by atoms with Crippen molar-refractivity contribution < 1.29 is 13.2 Å². The quantitative estimate of drug-likeness (QED) is 0.814. The van der Waals surface area contributed by atoms with Crippen LogP contribution in [0.3, 0.4) is 0 Å². The smallest absolute Gasteiger partial charge is 0.242 e. The van der Waals surface area contributed by atoms with E-state index in [-0.39, 0.29) is 16.5 Å². The molecule has 1 unspecified atom stereocenters. The van der Waals surface area contributed by atoms with E-state index in [0.29, 0.717) is 24.2 Å². The summed E-state index contributed by atoms with van der Waals surface area (Å²) >= 11 is 3.24. The van der Waals surface area contributed by atoms with E-state index in [1.165, 1.54) is 6.07 Å². The van der Waals surface area contributed by atoms with Crippen LogP contribution in [-0.2, 0) is 14.8 Å². The van der Waals surface area contributed by atoms with Crippen LogP contribution in [0, 0.1) is 5.92 Å². The molecule has 1 heterocycles. The number of hydrogen-bond donors (Lipinski definition) is 2. The van der Waals surface area contributed by atoms with Gasteiger partial charge >= 0.3 is 0 Å². The van der Waals surface area contributed by atoms with Gasteiger partial charge in [-0.1, -0.05) is 15.9 Å². The van der Waals surface area contributed by atoms with Crippen LogP contribution in [0.4, 0.5) is 5.69 Å². The molecule has 100 valence electrons. The molecule has 1 fully saturated rings. The maximum Gasteiger partial charge on any atom is 0.242 e. The van der Waals surface area contributed by atoms with Crippen molar-refractivity contribution in [1.82, 2.24) is 4.72 Å². The molecule has 0 saturated carbocycles. The molecule has 1 atom stereocenters. The maximum atomic E-state index is 12.1. The van der Waals surface area contributed by atoms with Crippen LogP contribution in [0.5, 0.6) is 0 Å². The summed E-state index contributed by atoms with van der Waals surface area (Å²) in [5.41, 5.74) is 5.94. The van der Waals surface area contributed by atoms with Gasteiger partial charge in [-0.15, -0.1) is 0 Å². The van der Waals surface area contributed by atoms with E-state index in [1.54, 1.807) is 12.1 Å². The van der Waals surface area contributed by atoms with Gasteiger partial charge in [0.25, 0.3) is 0 Å². The van der Waals surface area contributed by atoms with E-state index in [0.717, 1.165) is 6.42 Å². The predicted molar refractivity (Wildman–Crippen MR) is 72.7 cm³/mol. The van der Waals surface area contributed by atoms with E-state index in [9.17, 15) is 8.42 Å². The second-order valence-corrected chi connectivity index (χ2v) is 6.91. The van der Waals surface area contributed by atoms with Crippen molar-refractivity contribution in [3.05, 3.63) is 22.7 Å². The number of ether oxygens (including phenoxy) is 1. The van der Waals surface area contributed by atoms with Gasteiger partial charge in [0.05, 0.1) is 12.3 Å². The van der Waals surface area contributed by atoms with Crippen molar-refractivity contribution in [3.8, 4) is 0 Å². The Balaban J connectivity index is 2.12. The first-order chi connectivity index (χ1) is 8.49. The molecule has 0 aliphatic carbocycles. The van der Waals surface area contributed by atoms with Crippen LogP contribution in [-0.4, -0.2) is 28.2 Å². The molecule has 5 nitrogen and oxygen atoms in total. The molecular weight excluding hydrogens is 320 g/mol. The molecule has 2 rings (SSSR count). The topological polar surface area (TPSA) is 81.4 Å². The monoisotopic (exact) mass is 334 g/mol. The van der Waals surface area contributed by atoms with Gasteiger partial charge in [-0.2, -0.15) is 0 Å². The third-order valence-electron chi connectivity index (χ3n) is 2.85. The zero-order valence-corrected chi connectivity index (χ0v) is 12.1. The lowest BCUT2D eigenvalue weighted by molar-refractivity contribution is 0.186. The highest BCUT2D eigenvalue weighted by Crippen LogP contribution is 2.23. The minimum absolute atomic E-state index is 0.107. The average molecular weight is 335 g/mol. The number of rotatable bonds is 4. The minimum atomic E-state index is -3.56. The van der Waals surface area contributed by atoms with Gasteiger partial charge in [0.2, 0.25) is 10.0 Å². The number of benzene rings is 1. The molecule has 3 N–H and O–H groups in total. The molecule has 1 aromatic carbocycles. The molecule has 1 saturated heterocycles. The first-order valence-corrected chi connectivity index (χ1v) is 7.89. The van der Waals surface area contributed by atoms with Crippen molar-refractivity contribution in [1.29, 1.82) is 0 Å². The lowest BCUT2D eigenvalue weighted by Gasteiger charge is -2.12. The van der Waals surface area contributed by atoms with E-state index >= 15 is 0 Å². The summed E-state index contributed by atoms with van der Waals surface area (Å²) in [4.78, 5) is 0.107. The van der Waals surface area contributed by atoms with Crippen molar-refractivity contribution in [3.63, 3.8) is 0 Å². The zero-order valence-electron chi connectivity index (χ0n) is 9.73. The van der Waals surface area contributed by atoms with Gasteiger partial charge in [-0.25, -0.2) is 13.1 Å². The largest absolute Gasteiger partial charge is 0.398 e. The van der Waals surface area contributed by atoms with E-state index in [4.69, 9.17) is 10.5 Å².